The van der Waals surface area contributed by atoms with Gasteiger partial charge >= 0.3 is 5.97 Å². The van der Waals surface area contributed by atoms with Crippen LogP contribution >= 0.6 is 0 Å². The maximum absolute atomic E-state index is 13.6. The fraction of sp³-hybridized carbons (Fsp3) is 0.261. The van der Waals surface area contributed by atoms with Crippen molar-refractivity contribution in [2.45, 2.75) is 32.4 Å². The maximum atomic E-state index is 13.6. The lowest BCUT2D eigenvalue weighted by Gasteiger charge is -2.31. The van der Waals surface area contributed by atoms with Crippen LogP contribution in [0.5, 0.6) is 0 Å². The Morgan fingerprint density at radius 2 is 1.73 bits per heavy atom. The van der Waals surface area contributed by atoms with Crippen LogP contribution in [0.3, 0.4) is 0 Å². The van der Waals surface area contributed by atoms with Gasteiger partial charge in [0.2, 0.25) is 5.91 Å². The molecule has 0 aliphatic carbocycles. The number of rotatable bonds is 7. The smallest absolute Gasteiger partial charge is 0.328 e. The molecule has 1 heterocycles. The zero-order valence-corrected chi connectivity index (χ0v) is 17.2. The highest BCUT2D eigenvalue weighted by atomic mass is 16.5. The maximum Gasteiger partial charge on any atom is 0.328 e. The van der Waals surface area contributed by atoms with E-state index in [0.717, 1.165) is 16.5 Å². The normalized spacial score (nSPS) is 12.8. The van der Waals surface area contributed by atoms with Gasteiger partial charge in [-0.15, -0.1) is 0 Å². The van der Waals surface area contributed by atoms with Crippen molar-refractivity contribution in [1.82, 2.24) is 10.3 Å². The number of H-pyrrole nitrogens is 1. The first kappa shape index (κ1) is 21.1. The van der Waals surface area contributed by atoms with Crippen molar-refractivity contribution >= 4 is 34.4 Å². The van der Waals surface area contributed by atoms with Crippen molar-refractivity contribution < 1.29 is 19.1 Å². The Morgan fingerprint density at radius 1 is 1.07 bits per heavy atom. The monoisotopic (exact) mass is 407 g/mol. The van der Waals surface area contributed by atoms with Crippen LogP contribution < -0.4 is 10.2 Å². The number of carbonyl (C=O) groups excluding carboxylic acids is 3. The molecule has 0 bridgehead atoms. The predicted molar refractivity (Wildman–Crippen MR) is 115 cm³/mol. The Morgan fingerprint density at radius 3 is 2.40 bits per heavy atom. The van der Waals surface area contributed by atoms with Crippen LogP contribution in [0.4, 0.5) is 5.69 Å². The minimum absolute atomic E-state index is 0.277. The number of ether oxygens (including phenoxy) is 1. The van der Waals surface area contributed by atoms with Crippen molar-refractivity contribution in [2.75, 3.05) is 12.0 Å². The first-order valence-corrected chi connectivity index (χ1v) is 9.70. The van der Waals surface area contributed by atoms with Gasteiger partial charge in [0.25, 0.3) is 5.91 Å². The van der Waals surface area contributed by atoms with Gasteiger partial charge in [0, 0.05) is 36.1 Å². The molecule has 2 amide bonds. The number of hydrogen-bond acceptors (Lipinski definition) is 4. The number of esters is 1. The van der Waals surface area contributed by atoms with E-state index in [1.54, 1.807) is 31.2 Å². The summed E-state index contributed by atoms with van der Waals surface area (Å²) >= 11 is 0. The van der Waals surface area contributed by atoms with Crippen molar-refractivity contribution in [3.05, 3.63) is 66.4 Å². The van der Waals surface area contributed by atoms with Gasteiger partial charge in [0.15, 0.2) is 0 Å². The van der Waals surface area contributed by atoms with Crippen molar-refractivity contribution in [3.8, 4) is 0 Å². The molecule has 0 aliphatic heterocycles. The lowest BCUT2D eigenvalue weighted by atomic mass is 10.0. The number of nitrogens with zero attached hydrogens (tertiary/aromatic N) is 1. The van der Waals surface area contributed by atoms with Crippen molar-refractivity contribution in [1.29, 1.82) is 0 Å². The molecule has 3 rings (SSSR count). The molecule has 0 radical (unpaired) electrons. The molecule has 0 fully saturated rings. The average Bonchev–Trinajstić information content (AvgIpc) is 3.16. The second-order valence-electron chi connectivity index (χ2n) is 7.06. The summed E-state index contributed by atoms with van der Waals surface area (Å²) in [6, 6.07) is 14.9. The van der Waals surface area contributed by atoms with Crippen LogP contribution in [0.25, 0.3) is 10.9 Å². The molecular weight excluding hydrogens is 382 g/mol. The predicted octanol–water partition coefficient (Wildman–Crippen LogP) is 2.81. The van der Waals surface area contributed by atoms with Crippen LogP contribution in [-0.4, -0.2) is 42.0 Å². The van der Waals surface area contributed by atoms with E-state index in [4.69, 9.17) is 4.74 Å². The quantitative estimate of drug-likeness (QED) is 0.589. The van der Waals surface area contributed by atoms with Gasteiger partial charge in [-0.05, 0) is 30.7 Å². The summed E-state index contributed by atoms with van der Waals surface area (Å²) in [6.45, 7) is 2.97. The first-order valence-electron chi connectivity index (χ1n) is 9.70. The first-order chi connectivity index (χ1) is 14.4. The standard InChI is InChI=1S/C23H25N3O4/c1-15(23(29)30-3)26(18-9-5-4-6-10-18)22(28)21(25-16(2)27)13-17-14-24-20-12-8-7-11-19(17)20/h4-12,14-15,21,24H,13H2,1-3H3,(H,25,27)/t15-,21+/m0/s1. The van der Waals surface area contributed by atoms with E-state index in [0.29, 0.717) is 5.69 Å². The number of aromatic nitrogens is 1. The summed E-state index contributed by atoms with van der Waals surface area (Å²) < 4.78 is 4.86. The SMILES string of the molecule is COC(=O)[C@H](C)N(C(=O)[C@@H](Cc1c[nH]c2ccccc12)NC(C)=O)c1ccccc1. The number of nitrogens with one attached hydrogen (secondary N) is 2. The van der Waals surface area contributed by atoms with Crippen LogP contribution in [0.15, 0.2) is 60.8 Å². The van der Waals surface area contributed by atoms with E-state index in [2.05, 4.69) is 10.3 Å². The Hall–Kier alpha value is -3.61. The summed E-state index contributed by atoms with van der Waals surface area (Å²) in [5.74, 6) is -1.26. The fourth-order valence-corrected chi connectivity index (χ4v) is 3.54. The molecule has 7 nitrogen and oxygen atoms in total. The third-order valence-corrected chi connectivity index (χ3v) is 4.98. The molecule has 0 saturated carbocycles. The lowest BCUT2D eigenvalue weighted by Crippen LogP contribution is -2.54. The number of methoxy groups -OCH3 is 1. The van der Waals surface area contributed by atoms with Crippen LogP contribution in [0.2, 0.25) is 0 Å². The van der Waals surface area contributed by atoms with Crippen LogP contribution in [-0.2, 0) is 25.5 Å². The van der Waals surface area contributed by atoms with Crippen LogP contribution in [0, 0.1) is 0 Å². The molecule has 156 valence electrons. The van der Waals surface area contributed by atoms with E-state index in [1.165, 1.54) is 18.9 Å². The van der Waals surface area contributed by atoms with E-state index in [1.807, 2.05) is 36.5 Å². The van der Waals surface area contributed by atoms with E-state index in [9.17, 15) is 14.4 Å². The molecule has 3 aromatic rings. The minimum Gasteiger partial charge on any atom is -0.467 e. The van der Waals surface area contributed by atoms with Gasteiger partial charge in [0.05, 0.1) is 7.11 Å². The molecule has 2 N–H and O–H groups in total. The van der Waals surface area contributed by atoms with Gasteiger partial charge in [-0.25, -0.2) is 4.79 Å². The molecule has 1 aromatic heterocycles. The Balaban J connectivity index is 1.98. The second kappa shape index (κ2) is 9.26. The average molecular weight is 407 g/mol. The van der Waals surface area contributed by atoms with Gasteiger partial charge in [-0.2, -0.15) is 0 Å². The highest BCUT2D eigenvalue weighted by molar-refractivity contribution is 6.03. The Bertz CT molecular complexity index is 1040. The summed E-state index contributed by atoms with van der Waals surface area (Å²) in [6.07, 6.45) is 2.11. The Kier molecular flexibility index (Phi) is 6.51. The molecular formula is C23H25N3O4. The molecule has 7 heteroatoms. The third kappa shape index (κ3) is 4.51. The number of anilines is 1. The Labute approximate surface area is 175 Å². The van der Waals surface area contributed by atoms with Gasteiger partial charge in [0.1, 0.15) is 12.1 Å². The molecule has 2 aromatic carbocycles. The fourth-order valence-electron chi connectivity index (χ4n) is 3.54. The summed E-state index contributed by atoms with van der Waals surface area (Å²) in [5, 5.41) is 3.73. The number of para-hydroxylation sites is 2. The molecule has 0 aliphatic rings. The summed E-state index contributed by atoms with van der Waals surface area (Å²) in [5.41, 5.74) is 2.40. The zero-order chi connectivity index (χ0) is 21.7. The number of benzene rings is 2. The highest BCUT2D eigenvalue weighted by Gasteiger charge is 2.33. The topological polar surface area (TPSA) is 91.5 Å². The lowest BCUT2D eigenvalue weighted by molar-refractivity contribution is -0.143. The molecule has 0 spiro atoms. The third-order valence-electron chi connectivity index (χ3n) is 4.98. The van der Waals surface area contributed by atoms with E-state index < -0.39 is 18.1 Å². The number of hydrogen-bond donors (Lipinski definition) is 2. The van der Waals surface area contributed by atoms with E-state index in [-0.39, 0.29) is 18.2 Å². The van der Waals surface area contributed by atoms with Crippen molar-refractivity contribution in [3.63, 3.8) is 0 Å². The number of carbonyl (C=O) groups is 3. The molecule has 2 atom stereocenters. The van der Waals surface area contributed by atoms with E-state index >= 15 is 0 Å². The van der Waals surface area contributed by atoms with Crippen LogP contribution in [0.1, 0.15) is 19.4 Å². The molecule has 0 unspecified atom stereocenters. The highest BCUT2D eigenvalue weighted by Crippen LogP contribution is 2.23. The zero-order valence-electron chi connectivity index (χ0n) is 17.2. The van der Waals surface area contributed by atoms with Gasteiger partial charge < -0.3 is 15.0 Å². The summed E-state index contributed by atoms with van der Waals surface area (Å²) in [7, 11) is 1.28. The number of aromatic amines is 1. The molecule has 30 heavy (non-hydrogen) atoms. The molecule has 0 saturated heterocycles. The van der Waals surface area contributed by atoms with Crippen molar-refractivity contribution in [2.24, 2.45) is 0 Å². The number of fused-ring (bicyclic) bond motifs is 1. The van der Waals surface area contributed by atoms with Gasteiger partial charge in [-0.3, -0.25) is 14.5 Å². The van der Waals surface area contributed by atoms with Gasteiger partial charge in [-0.1, -0.05) is 36.4 Å². The second-order valence-corrected chi connectivity index (χ2v) is 7.06. The minimum atomic E-state index is -0.857. The number of amides is 2. The summed E-state index contributed by atoms with van der Waals surface area (Å²) in [4.78, 5) is 42.3. The largest absolute Gasteiger partial charge is 0.467 e.